The molecule has 2 N–H and O–H groups in total. The molecule has 136 valence electrons. The molecule has 0 radical (unpaired) electrons. The minimum Gasteiger partial charge on any atom is -0.494 e. The number of hydrogen-bond donors (Lipinski definition) is 2. The molecule has 2 aromatic rings. The van der Waals surface area contributed by atoms with Gasteiger partial charge in [0.15, 0.2) is 0 Å². The number of amides is 2. The molecule has 6 nitrogen and oxygen atoms in total. The Morgan fingerprint density at radius 2 is 1.92 bits per heavy atom. The standard InChI is InChI=1S/C20H23N3O3/c1-14(20(25)22-15-7-4-3-5-8-15)21-16-10-11-17(18(13-16)26-2)23-12-6-9-19(23)24/h3-5,7-8,10-11,13-14,21H,6,9,12H2,1-2H3,(H,22,25)/t14-/m1/s1. The highest BCUT2D eigenvalue weighted by molar-refractivity contribution is 5.98. The van der Waals surface area contributed by atoms with E-state index in [0.29, 0.717) is 18.7 Å². The van der Waals surface area contributed by atoms with E-state index in [9.17, 15) is 9.59 Å². The molecule has 0 unspecified atom stereocenters. The largest absolute Gasteiger partial charge is 0.494 e. The van der Waals surface area contributed by atoms with Crippen molar-refractivity contribution in [3.63, 3.8) is 0 Å². The van der Waals surface area contributed by atoms with Gasteiger partial charge in [0.2, 0.25) is 11.8 Å². The summed E-state index contributed by atoms with van der Waals surface area (Å²) >= 11 is 0. The molecule has 0 spiro atoms. The van der Waals surface area contributed by atoms with E-state index in [1.165, 1.54) is 0 Å². The van der Waals surface area contributed by atoms with Gasteiger partial charge in [-0.3, -0.25) is 9.59 Å². The van der Waals surface area contributed by atoms with Crippen molar-refractivity contribution in [1.29, 1.82) is 0 Å². The van der Waals surface area contributed by atoms with Gasteiger partial charge in [-0.2, -0.15) is 0 Å². The molecule has 6 heteroatoms. The SMILES string of the molecule is COc1cc(N[C@H](C)C(=O)Nc2ccccc2)ccc1N1CCCC1=O. The van der Waals surface area contributed by atoms with Gasteiger partial charge >= 0.3 is 0 Å². The van der Waals surface area contributed by atoms with Crippen molar-refractivity contribution in [2.45, 2.75) is 25.8 Å². The molecule has 1 aliphatic heterocycles. The van der Waals surface area contributed by atoms with Gasteiger partial charge in [-0.1, -0.05) is 18.2 Å². The topological polar surface area (TPSA) is 70.7 Å². The van der Waals surface area contributed by atoms with Crippen LogP contribution in [0.25, 0.3) is 0 Å². The van der Waals surface area contributed by atoms with Crippen LogP contribution < -0.4 is 20.3 Å². The Balaban J connectivity index is 1.69. The van der Waals surface area contributed by atoms with Crippen LogP contribution in [0.4, 0.5) is 17.1 Å². The summed E-state index contributed by atoms with van der Waals surface area (Å²) in [6.07, 6.45) is 1.43. The molecule has 1 atom stereocenters. The highest BCUT2D eigenvalue weighted by Gasteiger charge is 2.24. The fraction of sp³-hybridized carbons (Fsp3) is 0.300. The zero-order valence-electron chi connectivity index (χ0n) is 15.0. The van der Waals surface area contributed by atoms with Crippen molar-refractivity contribution in [2.75, 3.05) is 29.2 Å². The summed E-state index contributed by atoms with van der Waals surface area (Å²) in [5, 5.41) is 6.04. The van der Waals surface area contributed by atoms with Crippen molar-refractivity contribution in [1.82, 2.24) is 0 Å². The average Bonchev–Trinajstić information content (AvgIpc) is 3.08. The first-order valence-electron chi connectivity index (χ1n) is 8.69. The van der Waals surface area contributed by atoms with E-state index < -0.39 is 6.04 Å². The molecular weight excluding hydrogens is 330 g/mol. The van der Waals surface area contributed by atoms with Gasteiger partial charge in [0.25, 0.3) is 0 Å². The van der Waals surface area contributed by atoms with E-state index in [4.69, 9.17) is 4.74 Å². The van der Waals surface area contributed by atoms with Gasteiger partial charge in [-0.05, 0) is 37.6 Å². The molecule has 0 aliphatic carbocycles. The Morgan fingerprint density at radius 1 is 1.15 bits per heavy atom. The highest BCUT2D eigenvalue weighted by atomic mass is 16.5. The van der Waals surface area contributed by atoms with Crippen LogP contribution in [0.2, 0.25) is 0 Å². The van der Waals surface area contributed by atoms with Crippen LogP contribution in [0.5, 0.6) is 5.75 Å². The molecule has 1 aliphatic rings. The normalized spacial score (nSPS) is 14.8. The van der Waals surface area contributed by atoms with Gasteiger partial charge < -0.3 is 20.3 Å². The van der Waals surface area contributed by atoms with Crippen molar-refractivity contribution >= 4 is 28.9 Å². The summed E-state index contributed by atoms with van der Waals surface area (Å²) in [5.41, 5.74) is 2.28. The van der Waals surface area contributed by atoms with Crippen molar-refractivity contribution in [2.24, 2.45) is 0 Å². The molecule has 3 rings (SSSR count). The fourth-order valence-electron chi connectivity index (χ4n) is 2.98. The number of anilines is 3. The van der Waals surface area contributed by atoms with E-state index >= 15 is 0 Å². The summed E-state index contributed by atoms with van der Waals surface area (Å²) < 4.78 is 5.45. The van der Waals surface area contributed by atoms with Crippen molar-refractivity contribution in [3.05, 3.63) is 48.5 Å². The number of methoxy groups -OCH3 is 1. The molecular formula is C20H23N3O3. The maximum absolute atomic E-state index is 12.3. The predicted octanol–water partition coefficient (Wildman–Crippen LogP) is 3.26. The maximum Gasteiger partial charge on any atom is 0.246 e. The smallest absolute Gasteiger partial charge is 0.246 e. The minimum atomic E-state index is -0.431. The Bertz CT molecular complexity index is 792. The number of benzene rings is 2. The number of rotatable bonds is 6. The molecule has 0 saturated carbocycles. The quantitative estimate of drug-likeness (QED) is 0.836. The number of nitrogens with one attached hydrogen (secondary N) is 2. The third-order valence-corrected chi connectivity index (χ3v) is 4.36. The van der Waals surface area contributed by atoms with Gasteiger partial charge in [0, 0.05) is 30.4 Å². The lowest BCUT2D eigenvalue weighted by Gasteiger charge is -2.21. The van der Waals surface area contributed by atoms with Crippen LogP contribution in [0.15, 0.2) is 48.5 Å². The van der Waals surface area contributed by atoms with Crippen LogP contribution >= 0.6 is 0 Å². The number of hydrogen-bond acceptors (Lipinski definition) is 4. The number of para-hydroxylation sites is 1. The predicted molar refractivity (Wildman–Crippen MR) is 103 cm³/mol. The second-order valence-corrected chi connectivity index (χ2v) is 6.26. The summed E-state index contributed by atoms with van der Waals surface area (Å²) in [5.74, 6) is 0.592. The third-order valence-electron chi connectivity index (χ3n) is 4.36. The number of carbonyl (C=O) groups excluding carboxylic acids is 2. The first-order valence-corrected chi connectivity index (χ1v) is 8.69. The molecule has 2 amide bonds. The van der Waals surface area contributed by atoms with Crippen molar-refractivity contribution in [3.8, 4) is 5.75 Å². The molecule has 1 heterocycles. The Kier molecular flexibility index (Phi) is 5.41. The van der Waals surface area contributed by atoms with Crippen LogP contribution in [0.1, 0.15) is 19.8 Å². The van der Waals surface area contributed by atoms with E-state index in [1.54, 1.807) is 18.9 Å². The molecule has 0 bridgehead atoms. The van der Waals surface area contributed by atoms with Gasteiger partial charge in [-0.25, -0.2) is 0 Å². The molecule has 2 aromatic carbocycles. The van der Waals surface area contributed by atoms with Crippen LogP contribution in [0.3, 0.4) is 0 Å². The first-order chi connectivity index (χ1) is 12.6. The molecule has 1 fully saturated rings. The Labute approximate surface area is 153 Å². The lowest BCUT2D eigenvalue weighted by atomic mass is 10.2. The second kappa shape index (κ2) is 7.91. The van der Waals surface area contributed by atoms with E-state index in [-0.39, 0.29) is 11.8 Å². The summed E-state index contributed by atoms with van der Waals surface area (Å²) in [6.45, 7) is 2.50. The molecule has 0 aromatic heterocycles. The monoisotopic (exact) mass is 353 g/mol. The van der Waals surface area contributed by atoms with Crippen LogP contribution in [0, 0.1) is 0 Å². The molecule has 26 heavy (non-hydrogen) atoms. The lowest BCUT2D eigenvalue weighted by Crippen LogP contribution is -2.32. The van der Waals surface area contributed by atoms with Gasteiger partial charge in [-0.15, -0.1) is 0 Å². The Morgan fingerprint density at radius 3 is 2.58 bits per heavy atom. The number of ether oxygens (including phenoxy) is 1. The summed E-state index contributed by atoms with van der Waals surface area (Å²) in [4.78, 5) is 26.0. The van der Waals surface area contributed by atoms with E-state index in [1.807, 2.05) is 48.5 Å². The van der Waals surface area contributed by atoms with Gasteiger partial charge in [0.05, 0.1) is 12.8 Å². The summed E-state index contributed by atoms with van der Waals surface area (Å²) in [7, 11) is 1.58. The minimum absolute atomic E-state index is 0.111. The van der Waals surface area contributed by atoms with E-state index in [0.717, 1.165) is 23.5 Å². The first kappa shape index (κ1) is 17.8. The van der Waals surface area contributed by atoms with E-state index in [2.05, 4.69) is 10.6 Å². The maximum atomic E-state index is 12.3. The second-order valence-electron chi connectivity index (χ2n) is 6.26. The third kappa shape index (κ3) is 3.96. The zero-order chi connectivity index (χ0) is 18.5. The zero-order valence-corrected chi connectivity index (χ0v) is 15.0. The number of carbonyl (C=O) groups is 2. The average molecular weight is 353 g/mol. The van der Waals surface area contributed by atoms with Crippen LogP contribution in [-0.2, 0) is 9.59 Å². The van der Waals surface area contributed by atoms with Crippen molar-refractivity contribution < 1.29 is 14.3 Å². The van der Waals surface area contributed by atoms with Gasteiger partial charge in [0.1, 0.15) is 11.8 Å². The Hall–Kier alpha value is -3.02. The molecule has 1 saturated heterocycles. The van der Waals surface area contributed by atoms with Crippen LogP contribution in [-0.4, -0.2) is 31.5 Å². The lowest BCUT2D eigenvalue weighted by molar-refractivity contribution is -0.117. The fourth-order valence-corrected chi connectivity index (χ4v) is 2.98. The highest BCUT2D eigenvalue weighted by Crippen LogP contribution is 2.34. The number of nitrogens with zero attached hydrogens (tertiary/aromatic N) is 1. The summed E-state index contributed by atoms with van der Waals surface area (Å²) in [6, 6.07) is 14.4.